The summed E-state index contributed by atoms with van der Waals surface area (Å²) in [5.41, 5.74) is 2.02. The number of aldehydes is 1. The van der Waals surface area contributed by atoms with E-state index in [1.54, 1.807) is 37.4 Å². The minimum atomic E-state index is -0.275. The Balaban J connectivity index is 2.04. The van der Waals surface area contributed by atoms with E-state index in [2.05, 4.69) is 10.1 Å². The molecule has 3 aromatic rings. The second-order valence-electron chi connectivity index (χ2n) is 5.42. The number of aliphatic hydroxyl groups excluding tert-OH is 1. The van der Waals surface area contributed by atoms with E-state index in [4.69, 9.17) is 9.84 Å². The molecular formula is C18H17N3O4. The molecule has 0 aliphatic carbocycles. The monoisotopic (exact) mass is 339 g/mol. The molecule has 7 nitrogen and oxygen atoms in total. The van der Waals surface area contributed by atoms with Crippen molar-refractivity contribution in [1.29, 1.82) is 0 Å². The Morgan fingerprint density at radius 1 is 1.32 bits per heavy atom. The Bertz CT molecular complexity index is 916. The molecule has 0 aliphatic rings. The fourth-order valence-electron chi connectivity index (χ4n) is 2.62. The SMILES string of the molecule is COc1ccc2c(C(=O)c3ccc(CCO)nc3)nn(CC=O)c2c1. The van der Waals surface area contributed by atoms with E-state index in [0.717, 1.165) is 6.29 Å². The second-order valence-corrected chi connectivity index (χ2v) is 5.42. The average Bonchev–Trinajstić information content (AvgIpc) is 3.00. The highest BCUT2D eigenvalue weighted by molar-refractivity contribution is 6.14. The number of aromatic nitrogens is 3. The van der Waals surface area contributed by atoms with Gasteiger partial charge in [0.2, 0.25) is 5.78 Å². The van der Waals surface area contributed by atoms with Crippen LogP contribution in [-0.4, -0.2) is 45.7 Å². The first-order chi connectivity index (χ1) is 12.2. The van der Waals surface area contributed by atoms with Gasteiger partial charge in [-0.25, -0.2) is 0 Å². The molecule has 0 unspecified atom stereocenters. The third kappa shape index (κ3) is 3.27. The predicted molar refractivity (Wildman–Crippen MR) is 90.8 cm³/mol. The van der Waals surface area contributed by atoms with Crippen molar-refractivity contribution in [2.24, 2.45) is 0 Å². The minimum absolute atomic E-state index is 0.00284. The molecule has 0 atom stereocenters. The number of benzene rings is 1. The van der Waals surface area contributed by atoms with Crippen molar-refractivity contribution in [3.8, 4) is 5.75 Å². The van der Waals surface area contributed by atoms with Crippen molar-refractivity contribution in [1.82, 2.24) is 14.8 Å². The lowest BCUT2D eigenvalue weighted by molar-refractivity contribution is -0.108. The molecule has 1 aromatic carbocycles. The Kier molecular flexibility index (Phi) is 4.85. The number of pyridine rings is 1. The van der Waals surface area contributed by atoms with E-state index in [9.17, 15) is 9.59 Å². The van der Waals surface area contributed by atoms with Crippen LogP contribution in [0, 0.1) is 0 Å². The number of nitrogens with zero attached hydrogens (tertiary/aromatic N) is 3. The maximum atomic E-state index is 12.8. The fraction of sp³-hybridized carbons (Fsp3) is 0.222. The molecule has 0 saturated heterocycles. The molecule has 0 fully saturated rings. The largest absolute Gasteiger partial charge is 0.497 e. The van der Waals surface area contributed by atoms with Crippen LogP contribution in [0.2, 0.25) is 0 Å². The van der Waals surface area contributed by atoms with Crippen LogP contribution in [0.3, 0.4) is 0 Å². The lowest BCUT2D eigenvalue weighted by Gasteiger charge is -2.02. The van der Waals surface area contributed by atoms with Crippen LogP contribution in [0.5, 0.6) is 5.75 Å². The summed E-state index contributed by atoms with van der Waals surface area (Å²) in [6, 6.07) is 8.61. The number of methoxy groups -OCH3 is 1. The molecule has 0 saturated carbocycles. The van der Waals surface area contributed by atoms with Crippen LogP contribution in [-0.2, 0) is 17.8 Å². The van der Waals surface area contributed by atoms with E-state index in [1.165, 1.54) is 10.9 Å². The summed E-state index contributed by atoms with van der Waals surface area (Å²) in [6.07, 6.45) is 2.64. The Labute approximate surface area is 143 Å². The van der Waals surface area contributed by atoms with Gasteiger partial charge in [-0.05, 0) is 24.3 Å². The molecule has 0 aliphatic heterocycles. The summed E-state index contributed by atoms with van der Waals surface area (Å²) in [5, 5.41) is 13.9. The van der Waals surface area contributed by atoms with Crippen LogP contribution in [0.25, 0.3) is 10.9 Å². The van der Waals surface area contributed by atoms with E-state index in [1.807, 2.05) is 0 Å². The summed E-state index contributed by atoms with van der Waals surface area (Å²) in [4.78, 5) is 27.9. The molecule has 2 heterocycles. The molecule has 128 valence electrons. The van der Waals surface area contributed by atoms with Gasteiger partial charge in [0.1, 0.15) is 17.7 Å². The van der Waals surface area contributed by atoms with Gasteiger partial charge in [-0.15, -0.1) is 0 Å². The number of ketones is 1. The van der Waals surface area contributed by atoms with Crippen molar-refractivity contribution >= 4 is 23.0 Å². The zero-order valence-electron chi connectivity index (χ0n) is 13.7. The average molecular weight is 339 g/mol. The van der Waals surface area contributed by atoms with Crippen molar-refractivity contribution in [3.63, 3.8) is 0 Å². The molecule has 0 amide bonds. The summed E-state index contributed by atoms with van der Waals surface area (Å²) in [7, 11) is 1.55. The van der Waals surface area contributed by atoms with E-state index >= 15 is 0 Å². The third-order valence-corrected chi connectivity index (χ3v) is 3.88. The highest BCUT2D eigenvalue weighted by Crippen LogP contribution is 2.25. The fourth-order valence-corrected chi connectivity index (χ4v) is 2.62. The highest BCUT2D eigenvalue weighted by atomic mass is 16.5. The number of aliphatic hydroxyl groups is 1. The van der Waals surface area contributed by atoms with Crippen LogP contribution in [0.4, 0.5) is 0 Å². The summed E-state index contributed by atoms with van der Waals surface area (Å²) >= 11 is 0. The van der Waals surface area contributed by atoms with Gasteiger partial charge in [0.05, 0.1) is 19.2 Å². The lowest BCUT2D eigenvalue weighted by atomic mass is 10.1. The maximum absolute atomic E-state index is 12.8. The standard InChI is InChI=1S/C18H17N3O4/c1-25-14-4-5-15-16(10-14)21(7-9-23)20-17(15)18(24)12-2-3-13(6-8-22)19-11-12/h2-5,9-11,22H,6-8H2,1H3. The van der Waals surface area contributed by atoms with Crippen LogP contribution in [0.15, 0.2) is 36.5 Å². The number of carbonyl (C=O) groups is 2. The van der Waals surface area contributed by atoms with Crippen molar-refractivity contribution in [2.45, 2.75) is 13.0 Å². The number of rotatable bonds is 7. The number of hydrogen-bond acceptors (Lipinski definition) is 6. The third-order valence-electron chi connectivity index (χ3n) is 3.88. The Morgan fingerprint density at radius 3 is 2.80 bits per heavy atom. The number of ether oxygens (including phenoxy) is 1. The zero-order valence-corrected chi connectivity index (χ0v) is 13.7. The van der Waals surface area contributed by atoms with Crippen LogP contribution in [0.1, 0.15) is 21.7 Å². The number of hydrogen-bond donors (Lipinski definition) is 1. The lowest BCUT2D eigenvalue weighted by Crippen LogP contribution is -2.07. The topological polar surface area (TPSA) is 94.3 Å². The minimum Gasteiger partial charge on any atom is -0.497 e. The smallest absolute Gasteiger partial charge is 0.215 e. The summed E-state index contributed by atoms with van der Waals surface area (Å²) in [5.74, 6) is 0.344. The van der Waals surface area contributed by atoms with Gasteiger partial charge < -0.3 is 14.6 Å². The summed E-state index contributed by atoms with van der Waals surface area (Å²) in [6.45, 7) is 0.0491. The van der Waals surface area contributed by atoms with Gasteiger partial charge >= 0.3 is 0 Å². The van der Waals surface area contributed by atoms with Gasteiger partial charge in [0.15, 0.2) is 0 Å². The molecule has 0 bridgehead atoms. The van der Waals surface area contributed by atoms with Gasteiger partial charge in [-0.3, -0.25) is 14.5 Å². The zero-order chi connectivity index (χ0) is 17.8. The summed E-state index contributed by atoms with van der Waals surface area (Å²) < 4.78 is 6.68. The molecule has 3 rings (SSSR count). The van der Waals surface area contributed by atoms with Crippen molar-refractivity contribution in [3.05, 3.63) is 53.5 Å². The van der Waals surface area contributed by atoms with Crippen LogP contribution >= 0.6 is 0 Å². The van der Waals surface area contributed by atoms with Crippen LogP contribution < -0.4 is 4.74 Å². The van der Waals surface area contributed by atoms with Crippen molar-refractivity contribution in [2.75, 3.05) is 13.7 Å². The molecule has 1 N–H and O–H groups in total. The number of carbonyl (C=O) groups excluding carboxylic acids is 2. The molecule has 7 heteroatoms. The van der Waals surface area contributed by atoms with E-state index in [0.29, 0.717) is 34.3 Å². The van der Waals surface area contributed by atoms with Gasteiger partial charge in [0, 0.05) is 41.9 Å². The predicted octanol–water partition coefficient (Wildman–Crippen LogP) is 1.40. The normalized spacial score (nSPS) is 10.8. The Hall–Kier alpha value is -3.06. The molecular weight excluding hydrogens is 322 g/mol. The second kappa shape index (κ2) is 7.23. The van der Waals surface area contributed by atoms with E-state index < -0.39 is 0 Å². The van der Waals surface area contributed by atoms with Crippen molar-refractivity contribution < 1.29 is 19.4 Å². The van der Waals surface area contributed by atoms with Gasteiger partial charge in [0.25, 0.3) is 0 Å². The molecule has 25 heavy (non-hydrogen) atoms. The first-order valence-corrected chi connectivity index (χ1v) is 7.76. The maximum Gasteiger partial charge on any atom is 0.215 e. The first-order valence-electron chi connectivity index (χ1n) is 7.76. The van der Waals surface area contributed by atoms with Gasteiger partial charge in [-0.1, -0.05) is 0 Å². The highest BCUT2D eigenvalue weighted by Gasteiger charge is 2.19. The molecule has 0 radical (unpaired) electrons. The quantitative estimate of drug-likeness (QED) is 0.516. The molecule has 2 aromatic heterocycles. The first kappa shape index (κ1) is 16.8. The van der Waals surface area contributed by atoms with Gasteiger partial charge in [-0.2, -0.15) is 5.10 Å². The van der Waals surface area contributed by atoms with E-state index in [-0.39, 0.29) is 24.6 Å². The Morgan fingerprint density at radius 2 is 2.16 bits per heavy atom. The molecule has 0 spiro atoms. The number of fused-ring (bicyclic) bond motifs is 1.